The maximum Gasteiger partial charge on any atom is 0.270 e. The average molecular weight is 342 g/mol. The molecule has 20 heavy (non-hydrogen) atoms. The topological polar surface area (TPSA) is 98.3 Å². The Kier molecular flexibility index (Phi) is 4.72. The second kappa shape index (κ2) is 6.32. The molecule has 6 nitrogen and oxygen atoms in total. The SMILES string of the molecule is NC1CCC(NC(=O)c2cc([N+](=O)[O-])ccc2Br)CC1. The van der Waals surface area contributed by atoms with Crippen LogP contribution in [-0.2, 0) is 0 Å². The fourth-order valence-corrected chi connectivity index (χ4v) is 2.75. The normalized spacial score (nSPS) is 22.3. The molecule has 0 aliphatic heterocycles. The number of nitrogens with two attached hydrogens (primary N) is 1. The van der Waals surface area contributed by atoms with E-state index in [9.17, 15) is 14.9 Å². The highest BCUT2D eigenvalue weighted by atomic mass is 79.9. The Labute approximate surface area is 125 Å². The molecule has 1 aliphatic rings. The van der Waals surface area contributed by atoms with Gasteiger partial charge in [-0.25, -0.2) is 0 Å². The summed E-state index contributed by atoms with van der Waals surface area (Å²) < 4.78 is 0.549. The molecular weight excluding hydrogens is 326 g/mol. The third-order valence-corrected chi connectivity index (χ3v) is 4.20. The van der Waals surface area contributed by atoms with Crippen LogP contribution in [0.3, 0.4) is 0 Å². The van der Waals surface area contributed by atoms with Gasteiger partial charge in [0.1, 0.15) is 0 Å². The van der Waals surface area contributed by atoms with Crippen molar-refractivity contribution in [3.8, 4) is 0 Å². The molecule has 108 valence electrons. The first-order chi connectivity index (χ1) is 9.47. The second-order valence-electron chi connectivity index (χ2n) is 5.01. The van der Waals surface area contributed by atoms with Gasteiger partial charge in [0.05, 0.1) is 10.5 Å². The van der Waals surface area contributed by atoms with Crippen LogP contribution in [0, 0.1) is 10.1 Å². The third-order valence-electron chi connectivity index (χ3n) is 3.51. The van der Waals surface area contributed by atoms with Gasteiger partial charge in [-0.2, -0.15) is 0 Å². The van der Waals surface area contributed by atoms with Gasteiger partial charge in [-0.15, -0.1) is 0 Å². The highest BCUT2D eigenvalue weighted by molar-refractivity contribution is 9.10. The molecule has 1 saturated carbocycles. The number of benzene rings is 1. The number of hydrogen-bond acceptors (Lipinski definition) is 4. The molecule has 0 atom stereocenters. The lowest BCUT2D eigenvalue weighted by Crippen LogP contribution is -2.40. The highest BCUT2D eigenvalue weighted by Crippen LogP contribution is 2.23. The van der Waals surface area contributed by atoms with Gasteiger partial charge in [0.25, 0.3) is 11.6 Å². The number of rotatable bonds is 3. The van der Waals surface area contributed by atoms with Crippen LogP contribution in [-0.4, -0.2) is 22.9 Å². The summed E-state index contributed by atoms with van der Waals surface area (Å²) in [6.07, 6.45) is 3.47. The predicted molar refractivity (Wildman–Crippen MR) is 78.5 cm³/mol. The molecule has 2 rings (SSSR count). The van der Waals surface area contributed by atoms with Gasteiger partial charge in [0, 0.05) is 28.7 Å². The van der Waals surface area contributed by atoms with E-state index in [1.807, 2.05) is 0 Å². The summed E-state index contributed by atoms with van der Waals surface area (Å²) in [5.74, 6) is -0.291. The van der Waals surface area contributed by atoms with E-state index in [2.05, 4.69) is 21.2 Å². The van der Waals surface area contributed by atoms with Crippen molar-refractivity contribution in [2.24, 2.45) is 5.73 Å². The monoisotopic (exact) mass is 341 g/mol. The number of nitrogens with one attached hydrogen (secondary N) is 1. The first kappa shape index (κ1) is 14.9. The first-order valence-electron chi connectivity index (χ1n) is 6.47. The Bertz CT molecular complexity index is 528. The minimum absolute atomic E-state index is 0.0912. The van der Waals surface area contributed by atoms with Crippen LogP contribution >= 0.6 is 15.9 Å². The zero-order valence-electron chi connectivity index (χ0n) is 10.8. The average Bonchev–Trinajstić information content (AvgIpc) is 2.41. The number of nitro groups is 1. The molecule has 0 radical (unpaired) electrons. The van der Waals surface area contributed by atoms with Crippen LogP contribution < -0.4 is 11.1 Å². The van der Waals surface area contributed by atoms with Crippen molar-refractivity contribution < 1.29 is 9.72 Å². The molecule has 0 heterocycles. The maximum absolute atomic E-state index is 12.2. The van der Waals surface area contributed by atoms with Crippen molar-refractivity contribution >= 4 is 27.5 Å². The van der Waals surface area contributed by atoms with Crippen molar-refractivity contribution in [2.75, 3.05) is 0 Å². The van der Waals surface area contributed by atoms with Crippen molar-refractivity contribution in [1.82, 2.24) is 5.32 Å². The van der Waals surface area contributed by atoms with E-state index in [0.29, 0.717) is 4.47 Å². The van der Waals surface area contributed by atoms with Crippen LogP contribution in [0.5, 0.6) is 0 Å². The lowest BCUT2D eigenvalue weighted by Gasteiger charge is -2.26. The zero-order valence-corrected chi connectivity index (χ0v) is 12.4. The third kappa shape index (κ3) is 3.55. The molecule has 0 bridgehead atoms. The molecule has 1 aliphatic carbocycles. The summed E-state index contributed by atoms with van der Waals surface area (Å²) in [4.78, 5) is 22.4. The minimum Gasteiger partial charge on any atom is -0.349 e. The fourth-order valence-electron chi connectivity index (χ4n) is 2.33. The van der Waals surface area contributed by atoms with Gasteiger partial charge >= 0.3 is 0 Å². The molecule has 7 heteroatoms. The summed E-state index contributed by atoms with van der Waals surface area (Å²) in [5, 5.41) is 13.7. The highest BCUT2D eigenvalue weighted by Gasteiger charge is 2.22. The minimum atomic E-state index is -0.511. The number of carbonyl (C=O) groups is 1. The van der Waals surface area contributed by atoms with Gasteiger partial charge in [-0.3, -0.25) is 14.9 Å². The summed E-state index contributed by atoms with van der Waals surface area (Å²) >= 11 is 3.25. The summed E-state index contributed by atoms with van der Waals surface area (Å²) in [7, 11) is 0. The molecule has 0 unspecified atom stereocenters. The van der Waals surface area contributed by atoms with Crippen molar-refractivity contribution in [1.29, 1.82) is 0 Å². The number of non-ortho nitro benzene ring substituents is 1. The van der Waals surface area contributed by atoms with Crippen LogP contribution in [0.15, 0.2) is 22.7 Å². The first-order valence-corrected chi connectivity index (χ1v) is 7.27. The van der Waals surface area contributed by atoms with Gasteiger partial charge in [0.2, 0.25) is 0 Å². The summed E-state index contributed by atoms with van der Waals surface area (Å²) in [6.45, 7) is 0. The van der Waals surface area contributed by atoms with E-state index in [1.54, 1.807) is 0 Å². The summed E-state index contributed by atoms with van der Waals surface area (Å²) in [5.41, 5.74) is 6.01. The fraction of sp³-hybridized carbons (Fsp3) is 0.462. The Hall–Kier alpha value is -1.47. The molecular formula is C13H16BrN3O3. The number of hydrogen-bond donors (Lipinski definition) is 2. The number of nitro benzene ring substituents is 1. The van der Waals surface area contributed by atoms with E-state index in [0.717, 1.165) is 25.7 Å². The number of halogens is 1. The molecule has 0 aromatic heterocycles. The quantitative estimate of drug-likeness (QED) is 0.651. The van der Waals surface area contributed by atoms with Crippen molar-refractivity contribution in [3.63, 3.8) is 0 Å². The van der Waals surface area contributed by atoms with Gasteiger partial charge in [-0.1, -0.05) is 0 Å². The lowest BCUT2D eigenvalue weighted by molar-refractivity contribution is -0.384. The molecule has 3 N–H and O–H groups in total. The van der Waals surface area contributed by atoms with Gasteiger partial charge in [0.15, 0.2) is 0 Å². The number of nitrogens with zero attached hydrogens (tertiary/aromatic N) is 1. The second-order valence-corrected chi connectivity index (χ2v) is 5.86. The molecule has 0 spiro atoms. The summed E-state index contributed by atoms with van der Waals surface area (Å²) in [6, 6.07) is 4.47. The van der Waals surface area contributed by atoms with E-state index in [1.165, 1.54) is 18.2 Å². The van der Waals surface area contributed by atoms with Crippen molar-refractivity contribution in [3.05, 3.63) is 38.3 Å². The van der Waals surface area contributed by atoms with Crippen molar-refractivity contribution in [2.45, 2.75) is 37.8 Å². The zero-order chi connectivity index (χ0) is 14.7. The smallest absolute Gasteiger partial charge is 0.270 e. The number of amides is 1. The Balaban J connectivity index is 2.08. The van der Waals surface area contributed by atoms with E-state index in [-0.39, 0.29) is 29.2 Å². The largest absolute Gasteiger partial charge is 0.349 e. The Morgan fingerprint density at radius 3 is 2.60 bits per heavy atom. The Morgan fingerprint density at radius 2 is 2.00 bits per heavy atom. The maximum atomic E-state index is 12.2. The number of carbonyl (C=O) groups excluding carboxylic acids is 1. The standard InChI is InChI=1S/C13H16BrN3O3/c14-12-6-5-10(17(19)20)7-11(12)13(18)16-9-3-1-8(15)2-4-9/h5-9H,1-4,15H2,(H,16,18). The van der Waals surface area contributed by atoms with Gasteiger partial charge < -0.3 is 11.1 Å². The van der Waals surface area contributed by atoms with E-state index in [4.69, 9.17) is 5.73 Å². The van der Waals surface area contributed by atoms with Crippen LogP contribution in [0.2, 0.25) is 0 Å². The Morgan fingerprint density at radius 1 is 1.35 bits per heavy atom. The molecule has 1 fully saturated rings. The van der Waals surface area contributed by atoms with Crippen LogP contribution in [0.4, 0.5) is 5.69 Å². The molecule has 1 aromatic carbocycles. The molecule has 1 aromatic rings. The van der Waals surface area contributed by atoms with Crippen LogP contribution in [0.25, 0.3) is 0 Å². The molecule has 0 saturated heterocycles. The lowest BCUT2D eigenvalue weighted by atomic mass is 9.91. The van der Waals surface area contributed by atoms with Gasteiger partial charge in [-0.05, 0) is 47.7 Å². The van der Waals surface area contributed by atoms with Crippen LogP contribution in [0.1, 0.15) is 36.0 Å². The van der Waals surface area contributed by atoms with E-state index < -0.39 is 4.92 Å². The van der Waals surface area contributed by atoms with E-state index >= 15 is 0 Å². The predicted octanol–water partition coefficient (Wildman–Crippen LogP) is 2.36. The molecule has 1 amide bonds.